The highest BCUT2D eigenvalue weighted by atomic mass is 16.6. The lowest BCUT2D eigenvalue weighted by molar-refractivity contribution is 0.0208. The summed E-state index contributed by atoms with van der Waals surface area (Å²) in [5.74, 6) is 10.5. The van der Waals surface area contributed by atoms with Crippen molar-refractivity contribution in [3.8, 4) is 23.8 Å². The van der Waals surface area contributed by atoms with Gasteiger partial charge < -0.3 is 19.4 Å². The van der Waals surface area contributed by atoms with Gasteiger partial charge in [0.15, 0.2) is 0 Å². The first-order valence-corrected chi connectivity index (χ1v) is 13.3. The fourth-order valence-corrected chi connectivity index (χ4v) is 4.55. The van der Waals surface area contributed by atoms with Gasteiger partial charge in [-0.05, 0) is 79.1 Å². The minimum Gasteiger partial charge on any atom is -0.444 e. The van der Waals surface area contributed by atoms with Gasteiger partial charge in [0.1, 0.15) is 34.4 Å². The molecule has 2 aliphatic heterocycles. The molecule has 11 nitrogen and oxygen atoms in total. The Morgan fingerprint density at radius 2 is 1.41 bits per heavy atom. The summed E-state index contributed by atoms with van der Waals surface area (Å²) in [6.45, 7) is 12.4. The van der Waals surface area contributed by atoms with Gasteiger partial charge in [0.25, 0.3) is 0 Å². The Labute approximate surface area is 229 Å². The maximum atomic E-state index is 12.6. The number of aromatic nitrogens is 4. The van der Waals surface area contributed by atoms with E-state index in [4.69, 9.17) is 9.47 Å². The number of rotatable bonds is 3. The van der Waals surface area contributed by atoms with Crippen LogP contribution in [0.3, 0.4) is 0 Å². The first-order chi connectivity index (χ1) is 18.4. The molecule has 0 bridgehead atoms. The standard InChI is InChI=1S/C28H37N7O4/c1-27(2,3)38-25(36)34-15-9-12-20(34)23-30-17-19(32-23)11-7-8-14-29-22-18-31-24(33-22)21-13-10-16-35(21)26(37)39-28(4,5)6/h17-18,20-21,29H,9-10,12-13,15-16H2,1-6H3,(H,30,32)(H,31,33)/t20-,21-/m0/s1. The third kappa shape index (κ3) is 7.47. The molecule has 0 unspecified atom stereocenters. The molecular weight excluding hydrogens is 498 g/mol. The van der Waals surface area contributed by atoms with Crippen molar-refractivity contribution in [3.63, 3.8) is 0 Å². The van der Waals surface area contributed by atoms with E-state index in [9.17, 15) is 9.59 Å². The van der Waals surface area contributed by atoms with E-state index < -0.39 is 11.2 Å². The van der Waals surface area contributed by atoms with Crippen LogP contribution in [0.25, 0.3) is 0 Å². The quantitative estimate of drug-likeness (QED) is 0.384. The van der Waals surface area contributed by atoms with Crippen molar-refractivity contribution < 1.29 is 19.1 Å². The normalized spacial score (nSPS) is 19.1. The Balaban J connectivity index is 1.32. The van der Waals surface area contributed by atoms with Crippen LogP contribution in [0.4, 0.5) is 15.4 Å². The molecule has 0 spiro atoms. The predicted octanol–water partition coefficient (Wildman–Crippen LogP) is 4.70. The maximum Gasteiger partial charge on any atom is 0.410 e. The van der Waals surface area contributed by atoms with Crippen molar-refractivity contribution in [1.82, 2.24) is 29.7 Å². The summed E-state index contributed by atoms with van der Waals surface area (Å²) < 4.78 is 11.1. The van der Waals surface area contributed by atoms with E-state index in [0.29, 0.717) is 36.3 Å². The number of hydrogen-bond donors (Lipinski definition) is 3. The zero-order chi connectivity index (χ0) is 28.2. The lowest BCUT2D eigenvalue weighted by Crippen LogP contribution is -2.36. The molecule has 2 saturated heterocycles. The zero-order valence-corrected chi connectivity index (χ0v) is 23.5. The van der Waals surface area contributed by atoms with Gasteiger partial charge in [-0.25, -0.2) is 19.6 Å². The molecular formula is C28H37N7O4. The summed E-state index contributed by atoms with van der Waals surface area (Å²) in [6.07, 6.45) is 6.01. The van der Waals surface area contributed by atoms with Crippen molar-refractivity contribution in [1.29, 1.82) is 0 Å². The molecule has 4 heterocycles. The highest BCUT2D eigenvalue weighted by molar-refractivity contribution is 5.69. The number of aromatic amines is 2. The fraction of sp³-hybridized carbons (Fsp3) is 0.571. The minimum absolute atomic E-state index is 0.163. The molecule has 0 aliphatic carbocycles. The number of carbonyl (C=O) groups excluding carboxylic acids is 2. The molecule has 11 heteroatoms. The van der Waals surface area contributed by atoms with Gasteiger partial charge in [-0.1, -0.05) is 0 Å². The van der Waals surface area contributed by atoms with Crippen LogP contribution in [-0.4, -0.2) is 66.2 Å². The fourth-order valence-electron chi connectivity index (χ4n) is 4.55. The van der Waals surface area contributed by atoms with E-state index in [0.717, 1.165) is 25.7 Å². The molecule has 2 fully saturated rings. The summed E-state index contributed by atoms with van der Waals surface area (Å²) in [7, 11) is 0. The molecule has 2 aliphatic rings. The number of anilines is 1. The number of ether oxygens (including phenoxy) is 2. The second kappa shape index (κ2) is 11.3. The van der Waals surface area contributed by atoms with Gasteiger partial charge in [-0.3, -0.25) is 15.1 Å². The molecule has 4 rings (SSSR count). The van der Waals surface area contributed by atoms with Crippen molar-refractivity contribution in [3.05, 3.63) is 29.7 Å². The van der Waals surface area contributed by atoms with Crippen LogP contribution < -0.4 is 5.32 Å². The zero-order valence-electron chi connectivity index (χ0n) is 23.5. The lowest BCUT2D eigenvalue weighted by atomic mass is 10.2. The highest BCUT2D eigenvalue weighted by Gasteiger charge is 2.36. The van der Waals surface area contributed by atoms with E-state index in [-0.39, 0.29) is 24.3 Å². The molecule has 0 saturated carbocycles. The smallest absolute Gasteiger partial charge is 0.410 e. The van der Waals surface area contributed by atoms with Crippen molar-refractivity contribution in [2.75, 3.05) is 18.4 Å². The largest absolute Gasteiger partial charge is 0.444 e. The average Bonchev–Trinajstić information content (AvgIpc) is 3.63. The monoisotopic (exact) mass is 535 g/mol. The first-order valence-electron chi connectivity index (χ1n) is 13.3. The van der Waals surface area contributed by atoms with Crippen molar-refractivity contribution in [2.45, 2.75) is 90.5 Å². The Kier molecular flexibility index (Phi) is 8.10. The molecule has 3 N–H and O–H groups in total. The van der Waals surface area contributed by atoms with Crippen LogP contribution in [0.1, 0.15) is 96.7 Å². The van der Waals surface area contributed by atoms with Gasteiger partial charge in [-0.15, -0.1) is 0 Å². The van der Waals surface area contributed by atoms with E-state index in [1.54, 1.807) is 22.2 Å². The Morgan fingerprint density at radius 1 is 0.872 bits per heavy atom. The summed E-state index contributed by atoms with van der Waals surface area (Å²) in [5, 5.41) is 2.94. The van der Waals surface area contributed by atoms with Crippen molar-refractivity contribution >= 4 is 18.0 Å². The number of likely N-dealkylation sites (tertiary alicyclic amines) is 2. The second-order valence-corrected chi connectivity index (χ2v) is 11.7. The van der Waals surface area contributed by atoms with Crippen LogP contribution in [0, 0.1) is 23.8 Å². The lowest BCUT2D eigenvalue weighted by Gasteiger charge is -2.27. The SMILES string of the molecule is CC(C)(C)OC(=O)N1CCC[C@H]1c1ncc(C#CC#CNc2cnc([C@@H]3CCCN3C(=O)OC(C)(C)C)[nH]2)[nH]1. The number of nitrogens with zero attached hydrogens (tertiary/aromatic N) is 4. The topological polar surface area (TPSA) is 128 Å². The molecule has 2 aromatic rings. The number of amides is 2. The number of imidazole rings is 2. The third-order valence-electron chi connectivity index (χ3n) is 6.10. The van der Waals surface area contributed by atoms with Gasteiger partial charge in [0, 0.05) is 25.1 Å². The van der Waals surface area contributed by atoms with Crippen LogP contribution in [0.5, 0.6) is 0 Å². The number of H-pyrrole nitrogens is 2. The summed E-state index contributed by atoms with van der Waals surface area (Å²) >= 11 is 0. The van der Waals surface area contributed by atoms with Gasteiger partial charge in [0.2, 0.25) is 0 Å². The van der Waals surface area contributed by atoms with E-state index in [1.807, 2.05) is 41.5 Å². The van der Waals surface area contributed by atoms with Gasteiger partial charge >= 0.3 is 12.2 Å². The van der Waals surface area contributed by atoms with Crippen LogP contribution in [0.15, 0.2) is 12.4 Å². The predicted molar refractivity (Wildman–Crippen MR) is 145 cm³/mol. The molecule has 39 heavy (non-hydrogen) atoms. The molecule has 0 aromatic carbocycles. The highest BCUT2D eigenvalue weighted by Crippen LogP contribution is 2.33. The second-order valence-electron chi connectivity index (χ2n) is 11.7. The Bertz CT molecular complexity index is 1310. The average molecular weight is 536 g/mol. The number of hydrogen-bond acceptors (Lipinski definition) is 7. The first kappa shape index (κ1) is 27.9. The van der Waals surface area contributed by atoms with Crippen LogP contribution in [0.2, 0.25) is 0 Å². The van der Waals surface area contributed by atoms with Crippen molar-refractivity contribution in [2.24, 2.45) is 0 Å². The van der Waals surface area contributed by atoms with Gasteiger partial charge in [-0.2, -0.15) is 0 Å². The summed E-state index contributed by atoms with van der Waals surface area (Å²) in [5.41, 5.74) is -0.487. The Hall–Kier alpha value is -4.12. The number of carbonyl (C=O) groups is 2. The Morgan fingerprint density at radius 3 is 1.97 bits per heavy atom. The van der Waals surface area contributed by atoms with E-state index >= 15 is 0 Å². The molecule has 0 radical (unpaired) electrons. The van der Waals surface area contributed by atoms with Crippen LogP contribution >= 0.6 is 0 Å². The molecule has 2 atom stereocenters. The summed E-state index contributed by atoms with van der Waals surface area (Å²) in [4.78, 5) is 43.8. The molecule has 2 aromatic heterocycles. The summed E-state index contributed by atoms with van der Waals surface area (Å²) in [6, 6.07) is 2.47. The van der Waals surface area contributed by atoms with E-state index in [2.05, 4.69) is 49.1 Å². The maximum absolute atomic E-state index is 12.6. The minimum atomic E-state index is -0.550. The van der Waals surface area contributed by atoms with Crippen LogP contribution in [-0.2, 0) is 9.47 Å². The van der Waals surface area contributed by atoms with E-state index in [1.165, 1.54) is 0 Å². The molecule has 208 valence electrons. The third-order valence-corrected chi connectivity index (χ3v) is 6.10. The van der Waals surface area contributed by atoms with Gasteiger partial charge in [0.05, 0.1) is 24.5 Å². The number of nitrogens with one attached hydrogen (secondary N) is 3. The molecule has 2 amide bonds.